The van der Waals surface area contributed by atoms with Gasteiger partial charge in [-0.15, -0.1) is 0 Å². The number of methoxy groups -OCH3 is 1. The topological polar surface area (TPSA) is 136 Å². The molecule has 0 radical (unpaired) electrons. The van der Waals surface area contributed by atoms with Crippen LogP contribution < -0.4 is 10.5 Å². The lowest BCUT2D eigenvalue weighted by Gasteiger charge is -2.26. The van der Waals surface area contributed by atoms with Gasteiger partial charge in [0.15, 0.2) is 0 Å². The number of carboxylic acids is 1. The van der Waals surface area contributed by atoms with Gasteiger partial charge in [0.1, 0.15) is 5.69 Å². The summed E-state index contributed by atoms with van der Waals surface area (Å²) in [5.74, 6) is -0.270. The highest BCUT2D eigenvalue weighted by Crippen LogP contribution is 2.38. The van der Waals surface area contributed by atoms with Gasteiger partial charge in [0.25, 0.3) is 0 Å². The summed E-state index contributed by atoms with van der Waals surface area (Å²) in [6, 6.07) is 19.3. The smallest absolute Gasteiger partial charge is 0.306 e. The molecule has 4 aromatic rings. The van der Waals surface area contributed by atoms with Crippen molar-refractivity contribution in [2.45, 2.75) is 65.0 Å². The van der Waals surface area contributed by atoms with Crippen LogP contribution in [0.2, 0.25) is 0 Å². The van der Waals surface area contributed by atoms with Gasteiger partial charge in [0.2, 0.25) is 5.88 Å². The Morgan fingerprint density at radius 3 is 2.45 bits per heavy atom. The fourth-order valence-corrected chi connectivity index (χ4v) is 6.23. The molecule has 1 aliphatic carbocycles. The molecule has 1 unspecified atom stereocenters. The van der Waals surface area contributed by atoms with Crippen molar-refractivity contribution < 1.29 is 19.7 Å². The van der Waals surface area contributed by atoms with Crippen molar-refractivity contribution in [2.75, 3.05) is 7.11 Å². The van der Waals surface area contributed by atoms with Crippen LogP contribution in [-0.2, 0) is 11.3 Å². The first-order chi connectivity index (χ1) is 21.2. The van der Waals surface area contributed by atoms with E-state index in [-0.39, 0.29) is 17.8 Å². The Kier molecular flexibility index (Phi) is 9.44. The van der Waals surface area contributed by atoms with Crippen LogP contribution in [0.15, 0.2) is 77.4 Å². The minimum Gasteiger partial charge on any atom is -0.481 e. The Hall–Kier alpha value is -4.50. The summed E-state index contributed by atoms with van der Waals surface area (Å²) < 4.78 is 7.42. The summed E-state index contributed by atoms with van der Waals surface area (Å²) in [6.45, 7) is 6.45. The number of benzene rings is 2. The van der Waals surface area contributed by atoms with Crippen molar-refractivity contribution in [3.05, 3.63) is 89.3 Å². The number of pyridine rings is 1. The minimum absolute atomic E-state index is 0.0756. The van der Waals surface area contributed by atoms with Crippen LogP contribution in [0.4, 0.5) is 5.69 Å². The second kappa shape index (κ2) is 13.4. The lowest BCUT2D eigenvalue weighted by atomic mass is 9.80. The Morgan fingerprint density at radius 1 is 1.07 bits per heavy atom. The molecule has 9 heteroatoms. The third-order valence-corrected chi connectivity index (χ3v) is 8.53. The van der Waals surface area contributed by atoms with E-state index in [0.29, 0.717) is 36.7 Å². The number of allylic oxidation sites excluding steroid dienone is 1. The molecule has 1 fully saturated rings. The van der Waals surface area contributed by atoms with Gasteiger partial charge >= 0.3 is 5.97 Å². The molecule has 1 atom stereocenters. The zero-order chi connectivity index (χ0) is 31.4. The van der Waals surface area contributed by atoms with Crippen LogP contribution in [0, 0.1) is 11.8 Å². The van der Waals surface area contributed by atoms with Gasteiger partial charge in [-0.2, -0.15) is 5.10 Å². The summed E-state index contributed by atoms with van der Waals surface area (Å²) in [5.41, 5.74) is 13.2. The van der Waals surface area contributed by atoms with Gasteiger partial charge in [0.05, 0.1) is 31.2 Å². The second-order valence-corrected chi connectivity index (χ2v) is 11.8. The molecule has 0 bridgehead atoms. The van der Waals surface area contributed by atoms with Crippen molar-refractivity contribution in [2.24, 2.45) is 22.6 Å². The van der Waals surface area contributed by atoms with Crippen LogP contribution in [0.3, 0.4) is 0 Å². The summed E-state index contributed by atoms with van der Waals surface area (Å²) in [4.78, 5) is 21.1. The van der Waals surface area contributed by atoms with Crippen LogP contribution in [0.25, 0.3) is 16.6 Å². The molecule has 5 rings (SSSR count). The molecule has 4 N–H and O–H groups in total. The zero-order valence-corrected chi connectivity index (χ0v) is 25.8. The number of rotatable bonds is 10. The van der Waals surface area contributed by atoms with Crippen LogP contribution >= 0.6 is 0 Å². The Morgan fingerprint density at radius 2 is 1.80 bits per heavy atom. The highest BCUT2D eigenvalue weighted by atomic mass is 16.5. The van der Waals surface area contributed by atoms with Crippen molar-refractivity contribution in [3.8, 4) is 5.88 Å². The monoisotopic (exact) mass is 595 g/mol. The number of fused-ring (bicyclic) bond motifs is 1. The number of nitrogens with two attached hydrogens (primary N) is 1. The number of aliphatic imine (C=N–C) groups is 1. The molecule has 2 aromatic carbocycles. The van der Waals surface area contributed by atoms with E-state index in [4.69, 9.17) is 25.5 Å². The largest absolute Gasteiger partial charge is 0.481 e. The average Bonchev–Trinajstić information content (AvgIpc) is 3.44. The molecular weight excluding hydrogens is 554 g/mol. The number of hydrogen-bond acceptors (Lipinski definition) is 7. The number of nitrogens with zero attached hydrogens (tertiary/aromatic N) is 4. The lowest BCUT2D eigenvalue weighted by molar-refractivity contribution is -0.142. The fourth-order valence-electron chi connectivity index (χ4n) is 6.23. The maximum Gasteiger partial charge on any atom is 0.306 e. The molecule has 1 saturated carbocycles. The van der Waals surface area contributed by atoms with Crippen LogP contribution in [0.5, 0.6) is 5.88 Å². The fraction of sp³-hybridized carbons (Fsp3) is 0.371. The van der Waals surface area contributed by atoms with Crippen molar-refractivity contribution in [1.29, 1.82) is 0 Å². The van der Waals surface area contributed by atoms with Crippen molar-refractivity contribution >= 4 is 34.0 Å². The molecule has 0 aliphatic heterocycles. The summed E-state index contributed by atoms with van der Waals surface area (Å²) >= 11 is 0. The number of carboxylic acid groups (broad SMARTS) is 1. The molecule has 230 valence electrons. The van der Waals surface area contributed by atoms with E-state index >= 15 is 0 Å². The van der Waals surface area contributed by atoms with Gasteiger partial charge in [-0.1, -0.05) is 56.3 Å². The first-order valence-electron chi connectivity index (χ1n) is 15.2. The highest BCUT2D eigenvalue weighted by Gasteiger charge is 2.28. The molecule has 9 nitrogen and oxygen atoms in total. The number of aliphatic carboxylic acids is 1. The molecule has 44 heavy (non-hydrogen) atoms. The number of ether oxygens (including phenoxy) is 1. The second-order valence-electron chi connectivity index (χ2n) is 11.8. The summed E-state index contributed by atoms with van der Waals surface area (Å²) in [7, 11) is 1.59. The van der Waals surface area contributed by atoms with Gasteiger partial charge in [-0.25, -0.2) is 9.98 Å². The Labute approximate surface area is 258 Å². The third-order valence-electron chi connectivity index (χ3n) is 8.53. The van der Waals surface area contributed by atoms with Crippen molar-refractivity contribution in [1.82, 2.24) is 14.8 Å². The predicted molar refractivity (Wildman–Crippen MR) is 173 cm³/mol. The number of aromatic nitrogens is 3. The van der Waals surface area contributed by atoms with Gasteiger partial charge in [-0.3, -0.25) is 9.48 Å². The van der Waals surface area contributed by atoms with Gasteiger partial charge in [0, 0.05) is 40.2 Å². The van der Waals surface area contributed by atoms with E-state index in [2.05, 4.69) is 13.8 Å². The first-order valence-corrected chi connectivity index (χ1v) is 15.2. The number of aliphatic hydroxyl groups excluding tert-OH is 1. The SMILES string of the molecule is COc1nc(C2CCC(C(=O)O)CC2)ccc1N=C(C)/C(=C(\N)c1cccc2nn(CC(O)c3ccccc3)cc12)C(C)C. The normalized spacial score (nSPS) is 18.7. The third kappa shape index (κ3) is 6.68. The maximum absolute atomic E-state index is 11.4. The summed E-state index contributed by atoms with van der Waals surface area (Å²) in [5, 5.41) is 25.7. The average molecular weight is 596 g/mol. The van der Waals surface area contributed by atoms with E-state index in [1.807, 2.05) is 73.8 Å². The van der Waals surface area contributed by atoms with Crippen LogP contribution in [0.1, 0.15) is 75.3 Å². The van der Waals surface area contributed by atoms with E-state index in [1.165, 1.54) is 0 Å². The molecule has 0 amide bonds. The predicted octanol–water partition coefficient (Wildman–Crippen LogP) is 6.65. The van der Waals surface area contributed by atoms with E-state index in [9.17, 15) is 15.0 Å². The molecule has 2 aromatic heterocycles. The van der Waals surface area contributed by atoms with E-state index in [0.717, 1.165) is 51.9 Å². The van der Waals surface area contributed by atoms with Gasteiger partial charge < -0.3 is 20.7 Å². The van der Waals surface area contributed by atoms with E-state index in [1.54, 1.807) is 11.8 Å². The molecular formula is C35H41N5O4. The minimum atomic E-state index is -0.714. The van der Waals surface area contributed by atoms with Crippen LogP contribution in [-0.4, -0.2) is 43.8 Å². The summed E-state index contributed by atoms with van der Waals surface area (Å²) in [6.07, 6.45) is 4.15. The number of carbonyl (C=O) groups is 1. The Bertz CT molecular complexity index is 1680. The van der Waals surface area contributed by atoms with E-state index < -0.39 is 12.1 Å². The van der Waals surface area contributed by atoms with Gasteiger partial charge in [-0.05, 0) is 67.9 Å². The number of aliphatic hydroxyl groups is 1. The lowest BCUT2D eigenvalue weighted by Crippen LogP contribution is -2.21. The highest BCUT2D eigenvalue weighted by molar-refractivity contribution is 6.08. The molecule has 0 saturated heterocycles. The maximum atomic E-state index is 11.4. The number of hydrogen-bond donors (Lipinski definition) is 3. The first kappa shape index (κ1) is 30.9. The molecule has 1 aliphatic rings. The molecule has 0 spiro atoms. The Balaban J connectivity index is 1.44. The van der Waals surface area contributed by atoms with Crippen molar-refractivity contribution in [3.63, 3.8) is 0 Å². The standard InChI is InChI=1S/C35H41N5O4/c1-21(2)32(22(3)37-30-18-17-28(38-34(30)44-4)23-13-15-25(16-14-23)35(42)43)33(36)26-11-8-12-29-27(26)19-40(39-29)20-31(41)24-9-6-5-7-10-24/h5-12,17-19,21,23,25,31,41H,13-16,20,36H2,1-4H3,(H,42,43)/b33-32-,37-22?. The quantitative estimate of drug-likeness (QED) is 0.175. The zero-order valence-electron chi connectivity index (χ0n) is 25.8. The molecule has 2 heterocycles.